The Kier molecular flexibility index (Phi) is 16.5. The fourth-order valence-corrected chi connectivity index (χ4v) is 2.32. The molecule has 1 atom stereocenters. The maximum Gasteiger partial charge on any atom is 3.00 e. The summed E-state index contributed by atoms with van der Waals surface area (Å²) >= 11 is 0. The van der Waals surface area contributed by atoms with E-state index in [0.717, 1.165) is 5.56 Å². The Morgan fingerprint density at radius 3 is 2.10 bits per heavy atom. The Labute approximate surface area is 202 Å². The van der Waals surface area contributed by atoms with Gasteiger partial charge < -0.3 is 20.8 Å². The van der Waals surface area contributed by atoms with Crippen LogP contribution in [0.15, 0.2) is 60.7 Å². The van der Waals surface area contributed by atoms with E-state index in [4.69, 9.17) is 10.2 Å². The van der Waals surface area contributed by atoms with Crippen molar-refractivity contribution in [2.75, 3.05) is 6.54 Å². The van der Waals surface area contributed by atoms with E-state index in [0.29, 0.717) is 32.4 Å². The van der Waals surface area contributed by atoms with Crippen LogP contribution in [0.5, 0.6) is 0 Å². The van der Waals surface area contributed by atoms with Gasteiger partial charge in [0.1, 0.15) is 6.42 Å². The fraction of sp³-hybridized carbons (Fsp3) is 0.318. The molecule has 1 unspecified atom stereocenters. The largest absolute Gasteiger partial charge is 3.00 e. The van der Waals surface area contributed by atoms with Gasteiger partial charge in [0.25, 0.3) is 5.97 Å². The van der Waals surface area contributed by atoms with Gasteiger partial charge in [0, 0.05) is 6.54 Å². The molecule has 156 valence electrons. The normalized spacial score (nSPS) is 10.5. The zero-order chi connectivity index (χ0) is 21.3. The molecule has 30 heavy (non-hydrogen) atoms. The standard InChI is InChI=1S/C16H21N2O5.C6H5.Y/c19-14(10-15(20)21)17-9-5-4-8-13(16(22)23)18-11-12-6-2-1-3-7-12;1-2-4-6-5-3-1;/h1-3,6-7,13H,4-5,8-11H2,(H,17,19)(H,20,21)(H,22,23);1-5H;/q2*-1;+3. The summed E-state index contributed by atoms with van der Waals surface area (Å²) in [5, 5.41) is 24.3. The summed E-state index contributed by atoms with van der Waals surface area (Å²) < 4.78 is 0. The summed E-state index contributed by atoms with van der Waals surface area (Å²) in [6, 6.07) is 21.1. The topological polar surface area (TPSA) is 118 Å². The third-order valence-electron chi connectivity index (χ3n) is 3.77. The molecule has 2 rings (SSSR count). The zero-order valence-electron chi connectivity index (χ0n) is 16.7. The Bertz CT molecular complexity index is 702. The second-order valence-corrected chi connectivity index (χ2v) is 6.17. The van der Waals surface area contributed by atoms with Crippen molar-refractivity contribution < 1.29 is 57.3 Å². The molecule has 7 nitrogen and oxygen atoms in total. The van der Waals surface area contributed by atoms with Gasteiger partial charge in [-0.1, -0.05) is 48.7 Å². The number of carboxylic acids is 2. The van der Waals surface area contributed by atoms with Crippen LogP contribution in [0.25, 0.3) is 5.32 Å². The van der Waals surface area contributed by atoms with Gasteiger partial charge in [-0.05, 0) is 12.5 Å². The molecule has 0 radical (unpaired) electrons. The number of nitrogens with zero attached hydrogens (tertiary/aromatic N) is 1. The number of rotatable bonds is 11. The van der Waals surface area contributed by atoms with Crippen molar-refractivity contribution in [2.24, 2.45) is 0 Å². The number of benzene rings is 2. The Morgan fingerprint density at radius 2 is 1.60 bits per heavy atom. The molecule has 2 aromatic carbocycles. The van der Waals surface area contributed by atoms with Crippen LogP contribution >= 0.6 is 0 Å². The van der Waals surface area contributed by atoms with Gasteiger partial charge in [0.05, 0.1) is 0 Å². The summed E-state index contributed by atoms with van der Waals surface area (Å²) in [5.74, 6) is -2.68. The number of unbranched alkanes of at least 4 members (excludes halogenated alkanes) is 1. The van der Waals surface area contributed by atoms with Gasteiger partial charge in [-0.15, -0.1) is 6.54 Å². The van der Waals surface area contributed by atoms with Crippen molar-refractivity contribution >= 4 is 17.8 Å². The molecule has 2 aromatic rings. The average Bonchev–Trinajstić information content (AvgIpc) is 2.71. The number of hydrogen-bond acceptors (Lipinski definition) is 3. The van der Waals surface area contributed by atoms with E-state index < -0.39 is 30.3 Å². The van der Waals surface area contributed by atoms with Crippen molar-refractivity contribution in [3.8, 4) is 0 Å². The second-order valence-electron chi connectivity index (χ2n) is 6.17. The number of carbonyl (C=O) groups excluding carboxylic acids is 1. The maximum atomic E-state index is 11.2. The molecule has 0 bridgehead atoms. The van der Waals surface area contributed by atoms with Gasteiger partial charge in [0.15, 0.2) is 0 Å². The van der Waals surface area contributed by atoms with Crippen LogP contribution in [-0.2, 0) is 53.6 Å². The molecule has 0 heterocycles. The fourth-order valence-electron chi connectivity index (χ4n) is 2.32. The first kappa shape index (κ1) is 27.9. The van der Waals surface area contributed by atoms with E-state index >= 15 is 0 Å². The molecule has 8 heteroatoms. The van der Waals surface area contributed by atoms with Crippen molar-refractivity contribution in [1.29, 1.82) is 0 Å². The number of aliphatic carboxylic acids is 2. The summed E-state index contributed by atoms with van der Waals surface area (Å²) in [7, 11) is 0. The number of amides is 1. The van der Waals surface area contributed by atoms with Crippen molar-refractivity contribution in [1.82, 2.24) is 5.32 Å². The number of carboxylic acid groups (broad SMARTS) is 2. The average molecular weight is 487 g/mol. The Hall–Kier alpha value is -2.09. The Balaban J connectivity index is 0.00000103. The molecule has 1 amide bonds. The molecule has 0 spiro atoms. The molecule has 0 fully saturated rings. The predicted molar refractivity (Wildman–Crippen MR) is 109 cm³/mol. The third-order valence-corrected chi connectivity index (χ3v) is 3.77. The quantitative estimate of drug-likeness (QED) is 0.256. The first-order chi connectivity index (χ1) is 14.0. The van der Waals surface area contributed by atoms with Gasteiger partial charge in [-0.25, -0.2) is 0 Å². The van der Waals surface area contributed by atoms with Crippen LogP contribution < -0.4 is 5.32 Å². The summed E-state index contributed by atoms with van der Waals surface area (Å²) in [4.78, 5) is 32.6. The van der Waals surface area contributed by atoms with Crippen LogP contribution in [0.4, 0.5) is 0 Å². The summed E-state index contributed by atoms with van der Waals surface area (Å²) in [6.07, 6.45) is 1.000. The predicted octanol–water partition coefficient (Wildman–Crippen LogP) is 3.26. The molecule has 0 saturated carbocycles. The first-order valence-electron chi connectivity index (χ1n) is 9.32. The molecular weight excluding hydrogens is 461 g/mol. The van der Waals surface area contributed by atoms with E-state index in [1.165, 1.54) is 0 Å². The number of hydrogen-bond donors (Lipinski definition) is 3. The second kappa shape index (κ2) is 17.7. The monoisotopic (exact) mass is 487 g/mol. The molecule has 0 aliphatic carbocycles. The minimum atomic E-state index is -1.17. The molecule has 0 aliphatic heterocycles. The van der Waals surface area contributed by atoms with E-state index in [9.17, 15) is 14.4 Å². The van der Waals surface area contributed by atoms with Gasteiger partial charge >= 0.3 is 38.7 Å². The maximum absolute atomic E-state index is 11.2. The molecule has 0 saturated heterocycles. The number of nitrogens with one attached hydrogen (secondary N) is 1. The van der Waals surface area contributed by atoms with Crippen LogP contribution in [-0.4, -0.2) is 40.6 Å². The van der Waals surface area contributed by atoms with Crippen LogP contribution in [0.2, 0.25) is 0 Å². The summed E-state index contributed by atoms with van der Waals surface area (Å²) in [5.41, 5.74) is 0.958. The molecule has 0 aliphatic rings. The number of carbonyl (C=O) groups is 3. The van der Waals surface area contributed by atoms with Crippen molar-refractivity contribution in [3.63, 3.8) is 0 Å². The minimum absolute atomic E-state index is 0. The smallest absolute Gasteiger partial charge is 0.646 e. The molecule has 0 aromatic heterocycles. The van der Waals surface area contributed by atoms with Crippen LogP contribution in [0.3, 0.4) is 0 Å². The van der Waals surface area contributed by atoms with Gasteiger partial charge in [-0.2, -0.15) is 36.4 Å². The van der Waals surface area contributed by atoms with E-state index in [1.807, 2.05) is 60.7 Å². The van der Waals surface area contributed by atoms with Crippen LogP contribution in [0, 0.1) is 6.07 Å². The molecule has 3 N–H and O–H groups in total. The third kappa shape index (κ3) is 14.8. The van der Waals surface area contributed by atoms with Crippen molar-refractivity contribution in [2.45, 2.75) is 38.3 Å². The van der Waals surface area contributed by atoms with E-state index in [2.05, 4.69) is 16.7 Å². The minimum Gasteiger partial charge on any atom is -0.646 e. The molecular formula is C22H26N2O5Y+. The zero-order valence-corrected chi connectivity index (χ0v) is 19.6. The van der Waals surface area contributed by atoms with Crippen LogP contribution in [0.1, 0.15) is 31.2 Å². The van der Waals surface area contributed by atoms with Crippen molar-refractivity contribution in [3.05, 3.63) is 77.6 Å². The SMILES string of the molecule is O=C(O)CC(=O)NCCCCC([N-]Cc1ccccc1)C(=O)O.[Y+3].[c-]1ccccc1. The van der Waals surface area contributed by atoms with Gasteiger partial charge in [-0.3, -0.25) is 14.4 Å². The Morgan fingerprint density at radius 1 is 0.967 bits per heavy atom. The van der Waals surface area contributed by atoms with E-state index in [-0.39, 0.29) is 32.7 Å². The van der Waals surface area contributed by atoms with Gasteiger partial charge in [0.2, 0.25) is 5.91 Å². The first-order valence-corrected chi connectivity index (χ1v) is 9.32. The van der Waals surface area contributed by atoms with E-state index in [1.54, 1.807) is 0 Å². The summed E-state index contributed by atoms with van der Waals surface area (Å²) in [6.45, 7) is 0.685.